The number of aliphatic hydroxyl groups excluding tert-OH is 1. The van der Waals surface area contributed by atoms with Crippen LogP contribution in [-0.2, 0) is 0 Å². The van der Waals surface area contributed by atoms with Crippen molar-refractivity contribution in [2.75, 3.05) is 18.0 Å². The van der Waals surface area contributed by atoms with Crippen molar-refractivity contribution in [1.29, 1.82) is 0 Å². The van der Waals surface area contributed by atoms with Crippen LogP contribution in [0.1, 0.15) is 24.6 Å². The Morgan fingerprint density at radius 3 is 2.58 bits per heavy atom. The van der Waals surface area contributed by atoms with E-state index >= 15 is 0 Å². The quantitative estimate of drug-likeness (QED) is 0.770. The van der Waals surface area contributed by atoms with E-state index in [9.17, 15) is 5.11 Å². The third-order valence-electron chi connectivity index (χ3n) is 6.17. The van der Waals surface area contributed by atoms with E-state index < -0.39 is 0 Å². The van der Waals surface area contributed by atoms with E-state index in [-0.39, 0.29) is 12.1 Å². The third-order valence-corrected chi connectivity index (χ3v) is 6.17. The minimum Gasteiger partial charge on any atom is -0.391 e. The lowest BCUT2D eigenvalue weighted by molar-refractivity contribution is 0.0358. The molecule has 1 saturated heterocycles. The van der Waals surface area contributed by atoms with Crippen molar-refractivity contribution in [3.63, 3.8) is 0 Å². The minimum atomic E-state index is -0.314. The second-order valence-electron chi connectivity index (χ2n) is 7.70. The molecule has 2 fully saturated rings. The molecule has 5 rings (SSSR count). The summed E-state index contributed by atoms with van der Waals surface area (Å²) < 4.78 is 2.06. The number of nitrogens with zero attached hydrogens (tertiary/aromatic N) is 5. The largest absolute Gasteiger partial charge is 0.391 e. The molecule has 1 N–H and O–H groups in total. The fourth-order valence-electron chi connectivity index (χ4n) is 4.82. The fourth-order valence-corrected chi connectivity index (χ4v) is 4.82. The predicted molar refractivity (Wildman–Crippen MR) is 100.0 cm³/mol. The fraction of sp³-hybridized carbons (Fsp3) is 0.450. The van der Waals surface area contributed by atoms with E-state index in [0.717, 1.165) is 37.4 Å². The normalized spacial score (nSPS) is 28.5. The van der Waals surface area contributed by atoms with Crippen LogP contribution in [-0.4, -0.2) is 44.0 Å². The number of rotatable bonds is 2. The predicted octanol–water partition coefficient (Wildman–Crippen LogP) is 2.58. The van der Waals surface area contributed by atoms with E-state index in [1.54, 1.807) is 6.20 Å². The van der Waals surface area contributed by atoms with Crippen molar-refractivity contribution in [2.45, 2.75) is 31.9 Å². The van der Waals surface area contributed by atoms with Crippen LogP contribution >= 0.6 is 0 Å². The molecule has 1 aromatic carbocycles. The average Bonchev–Trinajstić information content (AvgIpc) is 3.31. The molecule has 6 nitrogen and oxygen atoms in total. The van der Waals surface area contributed by atoms with Crippen molar-refractivity contribution in [2.24, 2.45) is 11.8 Å². The molecule has 134 valence electrons. The van der Waals surface area contributed by atoms with Crippen molar-refractivity contribution < 1.29 is 5.11 Å². The first-order valence-electron chi connectivity index (χ1n) is 9.33. The van der Waals surface area contributed by atoms with E-state index in [0.29, 0.717) is 11.8 Å². The van der Waals surface area contributed by atoms with Crippen LogP contribution < -0.4 is 4.90 Å². The van der Waals surface area contributed by atoms with Crippen LogP contribution in [0.4, 0.5) is 5.82 Å². The zero-order valence-electron chi connectivity index (χ0n) is 14.9. The summed E-state index contributed by atoms with van der Waals surface area (Å²) in [6, 6.07) is 8.49. The second kappa shape index (κ2) is 6.06. The highest BCUT2D eigenvalue weighted by molar-refractivity contribution is 5.93. The average molecular weight is 349 g/mol. The first-order valence-corrected chi connectivity index (χ1v) is 9.33. The molecule has 26 heavy (non-hydrogen) atoms. The lowest BCUT2D eigenvalue weighted by atomic mass is 9.77. The van der Waals surface area contributed by atoms with Crippen molar-refractivity contribution in [1.82, 2.24) is 19.7 Å². The van der Waals surface area contributed by atoms with Crippen LogP contribution in [0.2, 0.25) is 0 Å². The van der Waals surface area contributed by atoms with Crippen LogP contribution in [0.3, 0.4) is 0 Å². The molecular weight excluding hydrogens is 326 g/mol. The van der Waals surface area contributed by atoms with E-state index in [4.69, 9.17) is 0 Å². The summed E-state index contributed by atoms with van der Waals surface area (Å²) in [6.07, 6.45) is 7.07. The molecule has 0 amide bonds. The second-order valence-corrected chi connectivity index (χ2v) is 7.70. The molecular formula is C20H23N5O. The standard InChI is InChI=1S/C20H23N5O/c1-13-16-4-2-3-5-17(16)20(23-22-13)25-10-14-8-18(24-7-6-21-12-24)19(26)9-15(14)11-25/h2-7,12,14-15,18-19,26H,8-11H2,1H3/t14-,15+,18-,19-/m1/s1. The topological polar surface area (TPSA) is 67.1 Å². The third kappa shape index (κ3) is 2.48. The molecule has 0 radical (unpaired) electrons. The zero-order chi connectivity index (χ0) is 17.7. The van der Waals surface area contributed by atoms with Gasteiger partial charge in [-0.05, 0) is 31.6 Å². The Balaban J connectivity index is 1.44. The number of benzene rings is 1. The van der Waals surface area contributed by atoms with Gasteiger partial charge in [-0.15, -0.1) is 5.10 Å². The molecule has 0 bridgehead atoms. The zero-order valence-corrected chi connectivity index (χ0v) is 14.9. The Kier molecular flexibility index (Phi) is 3.67. The van der Waals surface area contributed by atoms with E-state index in [1.165, 1.54) is 10.8 Å². The molecule has 0 unspecified atom stereocenters. The molecule has 1 aliphatic heterocycles. The van der Waals surface area contributed by atoms with Crippen molar-refractivity contribution in [3.05, 3.63) is 48.7 Å². The number of aryl methyl sites for hydroxylation is 1. The summed E-state index contributed by atoms with van der Waals surface area (Å²) in [4.78, 5) is 6.51. The van der Waals surface area contributed by atoms with Gasteiger partial charge in [0.05, 0.1) is 24.2 Å². The number of imidazole rings is 1. The molecule has 6 heteroatoms. The van der Waals surface area contributed by atoms with E-state index in [2.05, 4.69) is 48.9 Å². The smallest absolute Gasteiger partial charge is 0.159 e. The van der Waals surface area contributed by atoms with E-state index in [1.807, 2.05) is 19.4 Å². The van der Waals surface area contributed by atoms with Crippen LogP contribution in [0.25, 0.3) is 10.8 Å². The summed E-state index contributed by atoms with van der Waals surface area (Å²) in [7, 11) is 0. The maximum absolute atomic E-state index is 10.7. The summed E-state index contributed by atoms with van der Waals surface area (Å²) in [5.74, 6) is 2.05. The highest BCUT2D eigenvalue weighted by atomic mass is 16.3. The van der Waals surface area contributed by atoms with Gasteiger partial charge in [0, 0.05) is 36.3 Å². The molecule has 2 aliphatic rings. The monoisotopic (exact) mass is 349 g/mol. The first kappa shape index (κ1) is 15.8. The SMILES string of the molecule is Cc1nnc(N2C[C@H]3C[C@@H](n4ccnc4)[C@H](O)C[C@H]3C2)c2ccccc12. The van der Waals surface area contributed by atoms with Gasteiger partial charge in [-0.1, -0.05) is 24.3 Å². The van der Waals surface area contributed by atoms with Crippen molar-refractivity contribution >= 4 is 16.6 Å². The van der Waals surface area contributed by atoms with Crippen LogP contribution in [0.15, 0.2) is 43.0 Å². The number of fused-ring (bicyclic) bond motifs is 2. The van der Waals surface area contributed by atoms with Gasteiger partial charge in [-0.25, -0.2) is 4.98 Å². The molecule has 2 aromatic heterocycles. The molecule has 0 spiro atoms. The van der Waals surface area contributed by atoms with Gasteiger partial charge in [0.2, 0.25) is 0 Å². The number of anilines is 1. The Morgan fingerprint density at radius 1 is 1.04 bits per heavy atom. The van der Waals surface area contributed by atoms with Gasteiger partial charge in [0.15, 0.2) is 5.82 Å². The summed E-state index contributed by atoms with van der Waals surface area (Å²) in [6.45, 7) is 3.93. The van der Waals surface area contributed by atoms with Gasteiger partial charge in [-0.2, -0.15) is 5.10 Å². The summed E-state index contributed by atoms with van der Waals surface area (Å²) in [5, 5.41) is 21.9. The Hall–Kier alpha value is -2.47. The van der Waals surface area contributed by atoms with Gasteiger partial charge in [-0.3, -0.25) is 0 Å². The minimum absolute atomic E-state index is 0.125. The number of aliphatic hydroxyl groups is 1. The number of hydrogen-bond donors (Lipinski definition) is 1. The van der Waals surface area contributed by atoms with Gasteiger partial charge < -0.3 is 14.6 Å². The highest BCUT2D eigenvalue weighted by Gasteiger charge is 2.42. The lowest BCUT2D eigenvalue weighted by Crippen LogP contribution is -2.35. The first-order chi connectivity index (χ1) is 12.7. The molecule has 1 aliphatic carbocycles. The maximum Gasteiger partial charge on any atom is 0.159 e. The van der Waals surface area contributed by atoms with Crippen LogP contribution in [0.5, 0.6) is 0 Å². The maximum atomic E-state index is 10.7. The van der Waals surface area contributed by atoms with Crippen molar-refractivity contribution in [3.8, 4) is 0 Å². The summed E-state index contributed by atoms with van der Waals surface area (Å²) in [5.41, 5.74) is 0.969. The van der Waals surface area contributed by atoms with Crippen LogP contribution in [0, 0.1) is 18.8 Å². The lowest BCUT2D eigenvalue weighted by Gasteiger charge is -2.35. The number of hydrogen-bond acceptors (Lipinski definition) is 5. The number of aromatic nitrogens is 4. The Bertz CT molecular complexity index is 925. The van der Waals surface area contributed by atoms with Gasteiger partial charge >= 0.3 is 0 Å². The Labute approximate surface area is 152 Å². The Morgan fingerprint density at radius 2 is 1.81 bits per heavy atom. The molecule has 3 heterocycles. The highest BCUT2D eigenvalue weighted by Crippen LogP contribution is 2.43. The molecule has 3 aromatic rings. The van der Waals surface area contributed by atoms with Gasteiger partial charge in [0.1, 0.15) is 0 Å². The molecule has 1 saturated carbocycles. The summed E-state index contributed by atoms with van der Waals surface area (Å²) >= 11 is 0. The van der Waals surface area contributed by atoms with Gasteiger partial charge in [0.25, 0.3) is 0 Å². The molecule has 4 atom stereocenters.